The SMILES string of the molecule is O=C(O)c1ccccc1N/N=C1/C(=O)N(c2nc(-c3ccccc3)cs2)N=C1c1cccs1. The first-order valence-corrected chi connectivity index (χ1v) is 11.5. The molecule has 3 heterocycles. The minimum absolute atomic E-state index is 0.0474. The van der Waals surface area contributed by atoms with E-state index < -0.39 is 11.9 Å². The number of carbonyl (C=O) groups excluding carboxylic acids is 1. The molecule has 33 heavy (non-hydrogen) atoms. The maximum atomic E-state index is 13.3. The molecule has 4 aromatic rings. The number of aromatic nitrogens is 1. The number of rotatable bonds is 6. The number of carbonyl (C=O) groups is 2. The Morgan fingerprint density at radius 3 is 2.55 bits per heavy atom. The van der Waals surface area contributed by atoms with Gasteiger partial charge < -0.3 is 5.11 Å². The van der Waals surface area contributed by atoms with Crippen molar-refractivity contribution in [3.05, 3.63) is 87.9 Å². The van der Waals surface area contributed by atoms with Gasteiger partial charge in [-0.05, 0) is 23.6 Å². The Hall–Kier alpha value is -4.15. The number of para-hydroxylation sites is 1. The molecule has 0 radical (unpaired) electrons. The Balaban J connectivity index is 1.50. The third-order valence-electron chi connectivity index (χ3n) is 4.76. The van der Waals surface area contributed by atoms with Gasteiger partial charge in [0.1, 0.15) is 5.71 Å². The van der Waals surface area contributed by atoms with E-state index >= 15 is 0 Å². The van der Waals surface area contributed by atoms with Crippen LogP contribution in [0.2, 0.25) is 0 Å². The number of hydrazone groups is 2. The fourth-order valence-corrected chi connectivity index (χ4v) is 4.68. The molecule has 0 unspecified atom stereocenters. The summed E-state index contributed by atoms with van der Waals surface area (Å²) >= 11 is 2.73. The molecule has 1 amide bonds. The van der Waals surface area contributed by atoms with E-state index in [0.29, 0.717) is 10.8 Å². The number of thiazole rings is 1. The number of nitrogens with one attached hydrogen (secondary N) is 1. The summed E-state index contributed by atoms with van der Waals surface area (Å²) in [5.41, 5.74) is 5.21. The smallest absolute Gasteiger partial charge is 0.337 e. The molecule has 1 aliphatic heterocycles. The summed E-state index contributed by atoms with van der Waals surface area (Å²) in [6.07, 6.45) is 0. The molecule has 0 aliphatic carbocycles. The van der Waals surface area contributed by atoms with Crippen molar-refractivity contribution in [3.8, 4) is 11.3 Å². The molecule has 0 fully saturated rings. The number of carboxylic acid groups (broad SMARTS) is 1. The monoisotopic (exact) mass is 473 g/mol. The van der Waals surface area contributed by atoms with E-state index in [4.69, 9.17) is 0 Å². The lowest BCUT2D eigenvalue weighted by atomic mass is 10.2. The molecule has 0 spiro atoms. The van der Waals surface area contributed by atoms with E-state index in [2.05, 4.69) is 20.6 Å². The van der Waals surface area contributed by atoms with Crippen molar-refractivity contribution in [2.45, 2.75) is 0 Å². The van der Waals surface area contributed by atoms with Crippen LogP contribution in [0.5, 0.6) is 0 Å². The molecule has 0 bridgehead atoms. The molecule has 0 saturated heterocycles. The predicted molar refractivity (Wildman–Crippen MR) is 130 cm³/mol. The number of nitrogens with zero attached hydrogens (tertiary/aromatic N) is 4. The normalized spacial score (nSPS) is 14.5. The Kier molecular flexibility index (Phi) is 5.51. The van der Waals surface area contributed by atoms with Crippen LogP contribution in [0.4, 0.5) is 10.8 Å². The summed E-state index contributed by atoms with van der Waals surface area (Å²) in [5, 5.41) is 23.6. The van der Waals surface area contributed by atoms with E-state index in [1.807, 2.05) is 53.2 Å². The Morgan fingerprint density at radius 2 is 1.79 bits per heavy atom. The first kappa shape index (κ1) is 20.7. The lowest BCUT2D eigenvalue weighted by Crippen LogP contribution is -2.28. The molecular weight excluding hydrogens is 458 g/mol. The van der Waals surface area contributed by atoms with Gasteiger partial charge in [0, 0.05) is 10.9 Å². The van der Waals surface area contributed by atoms with Gasteiger partial charge in [0.2, 0.25) is 5.13 Å². The summed E-state index contributed by atoms with van der Waals surface area (Å²) < 4.78 is 0. The Morgan fingerprint density at radius 1 is 1.00 bits per heavy atom. The summed E-state index contributed by atoms with van der Waals surface area (Å²) in [4.78, 5) is 30.1. The first-order valence-electron chi connectivity index (χ1n) is 9.76. The van der Waals surface area contributed by atoms with Crippen molar-refractivity contribution in [2.75, 3.05) is 10.4 Å². The molecule has 1 aliphatic rings. The Labute approximate surface area is 196 Å². The van der Waals surface area contributed by atoms with E-state index in [0.717, 1.165) is 16.1 Å². The van der Waals surface area contributed by atoms with Gasteiger partial charge in [-0.3, -0.25) is 10.2 Å². The van der Waals surface area contributed by atoms with Crippen LogP contribution in [-0.2, 0) is 4.79 Å². The van der Waals surface area contributed by atoms with Crippen molar-refractivity contribution < 1.29 is 14.7 Å². The quantitative estimate of drug-likeness (QED) is 0.392. The average Bonchev–Trinajstić information content (AvgIpc) is 3.59. The molecular formula is C23H15N5O3S2. The third kappa shape index (κ3) is 4.04. The van der Waals surface area contributed by atoms with E-state index in [-0.39, 0.29) is 17.0 Å². The predicted octanol–water partition coefficient (Wildman–Crippen LogP) is 4.79. The number of thiophene rings is 1. The minimum atomic E-state index is -1.10. The molecule has 2 N–H and O–H groups in total. The number of hydrogen-bond acceptors (Lipinski definition) is 8. The minimum Gasteiger partial charge on any atom is -0.478 e. The zero-order valence-corrected chi connectivity index (χ0v) is 18.5. The van der Waals surface area contributed by atoms with Crippen molar-refractivity contribution >= 4 is 56.8 Å². The van der Waals surface area contributed by atoms with Gasteiger partial charge >= 0.3 is 11.9 Å². The van der Waals surface area contributed by atoms with Gasteiger partial charge in [-0.25, -0.2) is 9.78 Å². The number of amides is 1. The molecule has 10 heteroatoms. The fraction of sp³-hybridized carbons (Fsp3) is 0. The summed E-state index contributed by atoms with van der Waals surface area (Å²) in [5.74, 6) is -1.55. The molecule has 0 atom stereocenters. The van der Waals surface area contributed by atoms with Crippen molar-refractivity contribution in [2.24, 2.45) is 10.2 Å². The van der Waals surface area contributed by atoms with E-state index in [1.165, 1.54) is 33.7 Å². The second-order valence-corrected chi connectivity index (χ2v) is 8.63. The van der Waals surface area contributed by atoms with Crippen LogP contribution in [0.1, 0.15) is 15.2 Å². The van der Waals surface area contributed by atoms with Crippen LogP contribution in [0.25, 0.3) is 11.3 Å². The maximum absolute atomic E-state index is 13.3. The lowest BCUT2D eigenvalue weighted by molar-refractivity contribution is -0.112. The largest absolute Gasteiger partial charge is 0.478 e. The first-order chi connectivity index (χ1) is 16.1. The van der Waals surface area contributed by atoms with Gasteiger partial charge in [0.05, 0.1) is 21.8 Å². The Bertz CT molecular complexity index is 1390. The zero-order valence-electron chi connectivity index (χ0n) is 16.9. The van der Waals surface area contributed by atoms with Crippen molar-refractivity contribution in [1.29, 1.82) is 0 Å². The molecule has 2 aromatic heterocycles. The highest BCUT2D eigenvalue weighted by Crippen LogP contribution is 2.30. The molecule has 2 aromatic carbocycles. The van der Waals surface area contributed by atoms with Gasteiger partial charge in [0.25, 0.3) is 0 Å². The zero-order chi connectivity index (χ0) is 22.8. The topological polar surface area (TPSA) is 107 Å². The van der Waals surface area contributed by atoms with Gasteiger partial charge in [-0.1, -0.05) is 48.5 Å². The summed E-state index contributed by atoms with van der Waals surface area (Å²) in [7, 11) is 0. The average molecular weight is 474 g/mol. The van der Waals surface area contributed by atoms with E-state index in [1.54, 1.807) is 18.2 Å². The number of anilines is 2. The highest BCUT2D eigenvalue weighted by atomic mass is 32.1. The fourth-order valence-electron chi connectivity index (χ4n) is 3.19. The van der Waals surface area contributed by atoms with Gasteiger partial charge in [-0.15, -0.1) is 22.7 Å². The molecule has 8 nitrogen and oxygen atoms in total. The highest BCUT2D eigenvalue weighted by Gasteiger charge is 2.36. The van der Waals surface area contributed by atoms with Crippen LogP contribution in [0.15, 0.2) is 87.7 Å². The number of carboxylic acids is 1. The van der Waals surface area contributed by atoms with Crippen LogP contribution >= 0.6 is 22.7 Å². The highest BCUT2D eigenvalue weighted by molar-refractivity contribution is 7.15. The van der Waals surface area contributed by atoms with Crippen LogP contribution in [-0.4, -0.2) is 33.4 Å². The van der Waals surface area contributed by atoms with E-state index in [9.17, 15) is 14.7 Å². The summed E-state index contributed by atoms with van der Waals surface area (Å²) in [6.45, 7) is 0. The second-order valence-electron chi connectivity index (χ2n) is 6.85. The van der Waals surface area contributed by atoms with Crippen molar-refractivity contribution in [3.63, 3.8) is 0 Å². The molecule has 0 saturated carbocycles. The second kappa shape index (κ2) is 8.77. The lowest BCUT2D eigenvalue weighted by Gasteiger charge is -2.07. The third-order valence-corrected chi connectivity index (χ3v) is 6.45. The van der Waals surface area contributed by atoms with Gasteiger partial charge in [-0.2, -0.15) is 15.2 Å². The molecule has 5 rings (SSSR count). The van der Waals surface area contributed by atoms with Gasteiger partial charge in [0.15, 0.2) is 5.71 Å². The number of benzene rings is 2. The van der Waals surface area contributed by atoms with Crippen molar-refractivity contribution in [1.82, 2.24) is 4.98 Å². The standard InChI is InChI=1S/C23H15N5O3S2/c29-21-20(26-25-16-10-5-4-9-15(16)22(30)31)19(18-11-6-12-32-18)27-28(21)23-24-17(13-33-23)14-7-2-1-3-8-14/h1-13,25H,(H,30,31)/b26-20+. The van der Waals surface area contributed by atoms with Crippen LogP contribution in [0.3, 0.4) is 0 Å². The number of hydrogen-bond donors (Lipinski definition) is 2. The van der Waals surface area contributed by atoms with Crippen LogP contribution < -0.4 is 10.4 Å². The number of aromatic carboxylic acids is 1. The maximum Gasteiger partial charge on any atom is 0.337 e. The molecule has 162 valence electrons. The summed E-state index contributed by atoms with van der Waals surface area (Å²) in [6, 6.07) is 19.7. The van der Waals surface area contributed by atoms with Crippen LogP contribution in [0, 0.1) is 0 Å².